The van der Waals surface area contributed by atoms with Gasteiger partial charge < -0.3 is 19.7 Å². The number of hydrogen-bond donors (Lipinski definition) is 2. The number of carbonyl (C=O) groups is 2. The van der Waals surface area contributed by atoms with E-state index in [1.165, 1.54) is 0 Å². The normalized spacial score (nSPS) is 10.3. The van der Waals surface area contributed by atoms with Crippen LogP contribution in [0.5, 0.6) is 5.75 Å². The molecule has 0 heterocycles. The maximum absolute atomic E-state index is 12.9. The smallest absolute Gasteiger partial charge is 0.261 e. The molecule has 2 amide bonds. The number of nitrogens with one attached hydrogen (secondary N) is 2. The van der Waals surface area contributed by atoms with E-state index in [1.54, 1.807) is 61.5 Å². The zero-order chi connectivity index (χ0) is 25.0. The maximum Gasteiger partial charge on any atom is 0.261 e. The lowest BCUT2D eigenvalue weighted by Gasteiger charge is -2.23. The summed E-state index contributed by atoms with van der Waals surface area (Å²) in [6.45, 7) is 1.22. The molecule has 0 radical (unpaired) electrons. The van der Waals surface area contributed by atoms with Crippen molar-refractivity contribution >= 4 is 34.8 Å². The number of ether oxygens (including phenoxy) is 2. The van der Waals surface area contributed by atoms with E-state index in [2.05, 4.69) is 10.6 Å². The summed E-state index contributed by atoms with van der Waals surface area (Å²) in [4.78, 5) is 27.4. The molecule has 7 nitrogen and oxygen atoms in total. The van der Waals surface area contributed by atoms with E-state index in [-0.39, 0.29) is 11.0 Å². The Morgan fingerprint density at radius 3 is 2.26 bits per heavy atom. The zero-order valence-electron chi connectivity index (χ0n) is 19.8. The summed E-state index contributed by atoms with van der Waals surface area (Å²) >= 11 is 5.48. The van der Waals surface area contributed by atoms with Crippen molar-refractivity contribution < 1.29 is 19.1 Å². The highest BCUT2D eigenvalue weighted by atomic mass is 32.1. The summed E-state index contributed by atoms with van der Waals surface area (Å²) in [5.74, 6) is -0.181. The van der Waals surface area contributed by atoms with Crippen molar-refractivity contribution in [1.29, 1.82) is 0 Å². The standard InChI is InChI=1S/C27H29N3O4S/c1-30(27(35)29-26(32)22-13-7-9-15-24(22)34-19-18-33-2)23-14-8-6-12-21(23)25(31)28-17-16-20-10-4-3-5-11-20/h3-15H,16-19H2,1-2H3,(H,28,31)(H,29,32,35). The van der Waals surface area contributed by atoms with Crippen LogP contribution >= 0.6 is 12.2 Å². The second-order valence-electron chi connectivity index (χ2n) is 7.66. The molecule has 0 aliphatic rings. The molecule has 0 saturated heterocycles. The summed E-state index contributed by atoms with van der Waals surface area (Å²) in [5, 5.41) is 5.85. The number of methoxy groups -OCH3 is 1. The molecular formula is C27H29N3O4S. The van der Waals surface area contributed by atoms with E-state index in [1.807, 2.05) is 36.4 Å². The van der Waals surface area contributed by atoms with E-state index in [9.17, 15) is 9.59 Å². The van der Waals surface area contributed by atoms with Gasteiger partial charge in [0, 0.05) is 20.7 Å². The Balaban J connectivity index is 1.65. The van der Waals surface area contributed by atoms with Gasteiger partial charge >= 0.3 is 0 Å². The van der Waals surface area contributed by atoms with Crippen LogP contribution in [0.3, 0.4) is 0 Å². The lowest BCUT2D eigenvalue weighted by molar-refractivity contribution is 0.0952. The minimum Gasteiger partial charge on any atom is -0.490 e. The molecule has 3 aromatic rings. The largest absolute Gasteiger partial charge is 0.490 e. The molecule has 35 heavy (non-hydrogen) atoms. The van der Waals surface area contributed by atoms with Gasteiger partial charge in [-0.3, -0.25) is 14.9 Å². The van der Waals surface area contributed by atoms with Crippen LogP contribution in [-0.4, -0.2) is 50.8 Å². The van der Waals surface area contributed by atoms with Crippen molar-refractivity contribution in [2.45, 2.75) is 6.42 Å². The molecular weight excluding hydrogens is 462 g/mol. The van der Waals surface area contributed by atoms with Crippen LogP contribution in [0.15, 0.2) is 78.9 Å². The molecule has 0 aliphatic heterocycles. The Morgan fingerprint density at radius 1 is 0.857 bits per heavy atom. The van der Waals surface area contributed by atoms with Gasteiger partial charge in [-0.15, -0.1) is 0 Å². The summed E-state index contributed by atoms with van der Waals surface area (Å²) in [6.07, 6.45) is 0.727. The molecule has 0 aromatic heterocycles. The van der Waals surface area contributed by atoms with E-state index in [4.69, 9.17) is 21.7 Å². The lowest BCUT2D eigenvalue weighted by Crippen LogP contribution is -2.41. The first-order chi connectivity index (χ1) is 17.0. The molecule has 3 rings (SSSR count). The average Bonchev–Trinajstić information content (AvgIpc) is 2.89. The number of para-hydroxylation sites is 2. The van der Waals surface area contributed by atoms with Crippen LogP contribution in [0.1, 0.15) is 26.3 Å². The van der Waals surface area contributed by atoms with Crippen molar-refractivity contribution in [2.24, 2.45) is 0 Å². The van der Waals surface area contributed by atoms with E-state index in [0.29, 0.717) is 42.3 Å². The minimum atomic E-state index is -0.403. The molecule has 0 atom stereocenters. The SMILES string of the molecule is COCCOc1ccccc1C(=O)NC(=S)N(C)c1ccccc1C(=O)NCCc1ccccc1. The average molecular weight is 492 g/mol. The van der Waals surface area contributed by atoms with Crippen molar-refractivity contribution in [3.05, 3.63) is 95.6 Å². The van der Waals surface area contributed by atoms with Crippen LogP contribution in [0.2, 0.25) is 0 Å². The Kier molecular flexibility index (Phi) is 9.77. The van der Waals surface area contributed by atoms with Gasteiger partial charge in [0.05, 0.1) is 23.4 Å². The minimum absolute atomic E-state index is 0.159. The molecule has 0 bridgehead atoms. The van der Waals surface area contributed by atoms with Gasteiger partial charge in [0.1, 0.15) is 12.4 Å². The number of rotatable bonds is 10. The maximum atomic E-state index is 12.9. The van der Waals surface area contributed by atoms with E-state index < -0.39 is 5.91 Å². The van der Waals surface area contributed by atoms with Gasteiger partial charge in [0.2, 0.25) is 0 Å². The second-order valence-corrected chi connectivity index (χ2v) is 8.05. The quantitative estimate of drug-likeness (QED) is 0.331. The summed E-state index contributed by atoms with van der Waals surface area (Å²) in [6, 6.07) is 24.0. The highest BCUT2D eigenvalue weighted by Gasteiger charge is 2.19. The van der Waals surface area contributed by atoms with Gasteiger partial charge in [0.25, 0.3) is 11.8 Å². The number of amides is 2. The van der Waals surface area contributed by atoms with Gasteiger partial charge in [-0.05, 0) is 48.5 Å². The fourth-order valence-electron chi connectivity index (χ4n) is 3.39. The molecule has 3 aromatic carbocycles. The van der Waals surface area contributed by atoms with Crippen molar-refractivity contribution in [3.8, 4) is 5.75 Å². The molecule has 182 valence electrons. The highest BCUT2D eigenvalue weighted by molar-refractivity contribution is 7.80. The predicted octanol–water partition coefficient (Wildman–Crippen LogP) is 3.84. The molecule has 0 fully saturated rings. The van der Waals surface area contributed by atoms with Gasteiger partial charge in [0.15, 0.2) is 5.11 Å². The molecule has 2 N–H and O–H groups in total. The zero-order valence-corrected chi connectivity index (χ0v) is 20.6. The first kappa shape index (κ1) is 25.9. The monoisotopic (exact) mass is 491 g/mol. The number of carbonyl (C=O) groups excluding carboxylic acids is 2. The van der Waals surface area contributed by atoms with E-state index >= 15 is 0 Å². The third-order valence-electron chi connectivity index (χ3n) is 5.25. The number of nitrogens with zero attached hydrogens (tertiary/aromatic N) is 1. The Bertz CT molecular complexity index is 1150. The van der Waals surface area contributed by atoms with Gasteiger partial charge in [-0.2, -0.15) is 0 Å². The molecule has 0 unspecified atom stereocenters. The van der Waals surface area contributed by atoms with Crippen LogP contribution in [0.4, 0.5) is 5.69 Å². The number of thiocarbonyl (C=S) groups is 1. The third kappa shape index (κ3) is 7.37. The topological polar surface area (TPSA) is 79.9 Å². The third-order valence-corrected chi connectivity index (χ3v) is 5.63. The molecule has 0 aliphatic carbocycles. The second kappa shape index (κ2) is 13.2. The van der Waals surface area contributed by atoms with Crippen LogP contribution in [0.25, 0.3) is 0 Å². The Morgan fingerprint density at radius 2 is 1.51 bits per heavy atom. The Hall–Kier alpha value is -3.75. The van der Waals surface area contributed by atoms with Crippen molar-refractivity contribution in [1.82, 2.24) is 10.6 Å². The fourth-order valence-corrected chi connectivity index (χ4v) is 3.58. The van der Waals surface area contributed by atoms with Crippen molar-refractivity contribution in [2.75, 3.05) is 38.8 Å². The summed E-state index contributed by atoms with van der Waals surface area (Å²) in [5.41, 5.74) is 2.54. The van der Waals surface area contributed by atoms with Crippen molar-refractivity contribution in [3.63, 3.8) is 0 Å². The van der Waals surface area contributed by atoms with Gasteiger partial charge in [-0.25, -0.2) is 0 Å². The van der Waals surface area contributed by atoms with Crippen LogP contribution in [-0.2, 0) is 11.2 Å². The number of anilines is 1. The van der Waals surface area contributed by atoms with Gasteiger partial charge in [-0.1, -0.05) is 54.6 Å². The van der Waals surface area contributed by atoms with Crippen LogP contribution in [0, 0.1) is 0 Å². The number of benzene rings is 3. The molecule has 8 heteroatoms. The first-order valence-corrected chi connectivity index (χ1v) is 11.6. The number of hydrogen-bond acceptors (Lipinski definition) is 5. The molecule has 0 spiro atoms. The van der Waals surface area contributed by atoms with Crippen LogP contribution < -0.4 is 20.3 Å². The Labute approximate surface area is 211 Å². The van der Waals surface area contributed by atoms with E-state index in [0.717, 1.165) is 12.0 Å². The highest BCUT2D eigenvalue weighted by Crippen LogP contribution is 2.21. The molecule has 0 saturated carbocycles. The summed E-state index contributed by atoms with van der Waals surface area (Å²) in [7, 11) is 3.29. The first-order valence-electron chi connectivity index (χ1n) is 11.2. The fraction of sp³-hybridized carbons (Fsp3) is 0.222. The predicted molar refractivity (Wildman–Crippen MR) is 141 cm³/mol. The summed E-state index contributed by atoms with van der Waals surface area (Å²) < 4.78 is 10.7. The lowest BCUT2D eigenvalue weighted by atomic mass is 10.1.